The van der Waals surface area contributed by atoms with Crippen LogP contribution in [0.5, 0.6) is 0 Å². The molecule has 0 aliphatic heterocycles. The van der Waals surface area contributed by atoms with E-state index in [1.165, 1.54) is 0 Å². The van der Waals surface area contributed by atoms with E-state index in [-0.39, 0.29) is 22.7 Å². The first-order chi connectivity index (χ1) is 9.88. The zero-order valence-electron chi connectivity index (χ0n) is 11.8. The number of methoxy groups -OCH3 is 1. The van der Waals surface area contributed by atoms with Crippen LogP contribution in [0.25, 0.3) is 0 Å². The molecule has 0 aromatic carbocycles. The number of aromatic amines is 1. The van der Waals surface area contributed by atoms with E-state index in [0.29, 0.717) is 12.1 Å². The lowest BCUT2D eigenvalue weighted by molar-refractivity contribution is 0.0717. The average Bonchev–Trinajstić information content (AvgIpc) is 3.03. The molecule has 2 rings (SSSR count). The molecule has 0 saturated heterocycles. The summed E-state index contributed by atoms with van der Waals surface area (Å²) in [6.07, 6.45) is 2.92. The predicted molar refractivity (Wildman–Crippen MR) is 76.9 cm³/mol. The number of amides is 1. The highest BCUT2D eigenvalue weighted by Crippen LogP contribution is 2.25. The normalized spacial score (nSPS) is 22.4. The number of nitrogens with one attached hydrogen (secondary N) is 2. The molecule has 1 amide bonds. The highest BCUT2D eigenvalue weighted by atomic mass is 35.7. The van der Waals surface area contributed by atoms with E-state index < -0.39 is 15.0 Å². The summed E-state index contributed by atoms with van der Waals surface area (Å²) >= 11 is 0. The molecule has 21 heavy (non-hydrogen) atoms. The number of H-pyrrole nitrogens is 1. The van der Waals surface area contributed by atoms with Gasteiger partial charge in [0.05, 0.1) is 17.8 Å². The Kier molecular flexibility index (Phi) is 4.90. The Bertz CT molecular complexity index is 628. The highest BCUT2D eigenvalue weighted by Gasteiger charge is 2.32. The molecule has 9 heteroatoms. The van der Waals surface area contributed by atoms with Gasteiger partial charge in [0.2, 0.25) is 0 Å². The van der Waals surface area contributed by atoms with Gasteiger partial charge in [0, 0.05) is 17.8 Å². The van der Waals surface area contributed by atoms with Gasteiger partial charge in [-0.15, -0.1) is 0 Å². The van der Waals surface area contributed by atoms with E-state index in [4.69, 9.17) is 15.4 Å². The first kappa shape index (κ1) is 16.3. The first-order valence-corrected chi connectivity index (χ1v) is 9.05. The summed E-state index contributed by atoms with van der Waals surface area (Å²) in [5.41, 5.74) is 0.133. The third-order valence-electron chi connectivity index (χ3n) is 3.68. The Hall–Kier alpha value is -1.12. The van der Waals surface area contributed by atoms with Gasteiger partial charge >= 0.3 is 0 Å². The van der Waals surface area contributed by atoms with Gasteiger partial charge in [0.25, 0.3) is 15.0 Å². The number of hydrogen-bond donors (Lipinski definition) is 2. The number of aromatic nitrogens is 2. The van der Waals surface area contributed by atoms with Crippen LogP contribution in [0.1, 0.15) is 42.4 Å². The molecule has 1 aliphatic carbocycles. The number of carbonyl (C=O) groups is 1. The monoisotopic (exact) mass is 335 g/mol. The molecule has 7 nitrogen and oxygen atoms in total. The second kappa shape index (κ2) is 6.33. The van der Waals surface area contributed by atoms with Crippen LogP contribution in [0.3, 0.4) is 0 Å². The predicted octanol–water partition coefficient (Wildman–Crippen LogP) is 1.20. The molecule has 1 aromatic rings. The van der Waals surface area contributed by atoms with Crippen LogP contribution in [0, 0.1) is 0 Å². The van der Waals surface area contributed by atoms with Crippen LogP contribution in [0.2, 0.25) is 0 Å². The number of ether oxygens (including phenoxy) is 1. The molecule has 1 aromatic heterocycles. The van der Waals surface area contributed by atoms with Gasteiger partial charge in [-0.2, -0.15) is 5.10 Å². The number of halogens is 1. The molecule has 1 saturated carbocycles. The van der Waals surface area contributed by atoms with Crippen molar-refractivity contribution in [3.05, 3.63) is 11.4 Å². The fourth-order valence-electron chi connectivity index (χ4n) is 2.63. The molecule has 118 valence electrons. The Morgan fingerprint density at radius 1 is 1.52 bits per heavy atom. The third-order valence-corrected chi connectivity index (χ3v) is 5.07. The molecule has 2 unspecified atom stereocenters. The van der Waals surface area contributed by atoms with E-state index >= 15 is 0 Å². The lowest BCUT2D eigenvalue weighted by Gasteiger charge is -2.19. The number of nitrogens with zero attached hydrogens (tertiary/aromatic N) is 1. The fraction of sp³-hybridized carbons (Fsp3) is 0.667. The van der Waals surface area contributed by atoms with Gasteiger partial charge in [-0.05, 0) is 25.7 Å². The minimum atomic E-state index is -4.04. The van der Waals surface area contributed by atoms with Crippen LogP contribution < -0.4 is 5.32 Å². The zero-order valence-corrected chi connectivity index (χ0v) is 13.4. The summed E-state index contributed by atoms with van der Waals surface area (Å²) in [7, 11) is 2.96. The standard InChI is InChI=1S/C12H18ClN3O4S/c1-3-7-11(21(13,18)19)10(16-15-7)12(17)14-8-5-4-6-9(8)20-2/h8-9H,3-6H2,1-2H3,(H,14,17)(H,15,16). The molecule has 1 fully saturated rings. The second-order valence-corrected chi connectivity index (χ2v) is 7.46. The number of rotatable bonds is 5. The van der Waals surface area contributed by atoms with Crippen LogP contribution in [0.4, 0.5) is 0 Å². The van der Waals surface area contributed by atoms with Crippen molar-refractivity contribution in [3.8, 4) is 0 Å². The van der Waals surface area contributed by atoms with E-state index in [0.717, 1.165) is 19.3 Å². The number of hydrogen-bond acceptors (Lipinski definition) is 5. The summed E-state index contributed by atoms with van der Waals surface area (Å²) in [6, 6.07) is -0.143. The minimum Gasteiger partial charge on any atom is -0.379 e. The van der Waals surface area contributed by atoms with Gasteiger partial charge < -0.3 is 10.1 Å². The average molecular weight is 336 g/mol. The van der Waals surface area contributed by atoms with Crippen molar-refractivity contribution in [3.63, 3.8) is 0 Å². The van der Waals surface area contributed by atoms with Crippen molar-refractivity contribution in [1.82, 2.24) is 15.5 Å². The Morgan fingerprint density at radius 3 is 2.81 bits per heavy atom. The molecule has 0 bridgehead atoms. The molecule has 1 aliphatic rings. The van der Waals surface area contributed by atoms with Crippen molar-refractivity contribution in [1.29, 1.82) is 0 Å². The van der Waals surface area contributed by atoms with Gasteiger partial charge in [0.15, 0.2) is 5.69 Å². The summed E-state index contributed by atoms with van der Waals surface area (Å²) in [5, 5.41) is 9.14. The summed E-state index contributed by atoms with van der Waals surface area (Å²) in [5.74, 6) is -0.556. The quantitative estimate of drug-likeness (QED) is 0.787. The lowest BCUT2D eigenvalue weighted by Crippen LogP contribution is -2.41. The van der Waals surface area contributed by atoms with Gasteiger partial charge in [-0.3, -0.25) is 9.89 Å². The molecular weight excluding hydrogens is 318 g/mol. The van der Waals surface area contributed by atoms with Gasteiger partial charge in [-0.25, -0.2) is 8.42 Å². The Labute approximate surface area is 127 Å². The summed E-state index contributed by atoms with van der Waals surface area (Å²) < 4.78 is 28.6. The Balaban J connectivity index is 2.26. The molecule has 0 spiro atoms. The highest BCUT2D eigenvalue weighted by molar-refractivity contribution is 8.13. The first-order valence-electron chi connectivity index (χ1n) is 6.74. The third kappa shape index (κ3) is 3.38. The Morgan fingerprint density at radius 2 is 2.24 bits per heavy atom. The van der Waals surface area contributed by atoms with E-state index in [2.05, 4.69) is 15.5 Å². The van der Waals surface area contributed by atoms with E-state index in [9.17, 15) is 13.2 Å². The zero-order chi connectivity index (χ0) is 15.6. The second-order valence-electron chi connectivity index (χ2n) is 4.96. The molecular formula is C12H18ClN3O4S. The van der Waals surface area contributed by atoms with Gasteiger partial charge in [0.1, 0.15) is 4.90 Å². The topological polar surface area (TPSA) is 101 Å². The SMILES string of the molecule is CCc1[nH]nc(C(=O)NC2CCCC2OC)c1S(=O)(=O)Cl. The molecule has 1 heterocycles. The van der Waals surface area contributed by atoms with Crippen molar-refractivity contribution >= 4 is 25.6 Å². The summed E-state index contributed by atoms with van der Waals surface area (Å²) in [4.78, 5) is 12.0. The van der Waals surface area contributed by atoms with Crippen LogP contribution in [-0.4, -0.2) is 43.8 Å². The van der Waals surface area contributed by atoms with Crippen molar-refractivity contribution in [2.75, 3.05) is 7.11 Å². The van der Waals surface area contributed by atoms with E-state index in [1.807, 2.05) is 0 Å². The van der Waals surface area contributed by atoms with Gasteiger partial charge in [-0.1, -0.05) is 6.92 Å². The smallest absolute Gasteiger partial charge is 0.273 e. The van der Waals surface area contributed by atoms with Crippen molar-refractivity contribution in [2.24, 2.45) is 0 Å². The van der Waals surface area contributed by atoms with Crippen LogP contribution >= 0.6 is 10.7 Å². The molecule has 2 N–H and O–H groups in total. The maximum absolute atomic E-state index is 12.3. The fourth-order valence-corrected chi connectivity index (χ4v) is 3.99. The lowest BCUT2D eigenvalue weighted by atomic mass is 10.2. The largest absolute Gasteiger partial charge is 0.379 e. The van der Waals surface area contributed by atoms with E-state index in [1.54, 1.807) is 14.0 Å². The van der Waals surface area contributed by atoms with Crippen LogP contribution in [0.15, 0.2) is 4.90 Å². The maximum atomic E-state index is 12.3. The van der Waals surface area contributed by atoms with Crippen molar-refractivity contribution < 1.29 is 17.9 Å². The number of aryl methyl sites for hydroxylation is 1. The number of carbonyl (C=O) groups excluding carboxylic acids is 1. The maximum Gasteiger partial charge on any atom is 0.273 e. The molecule has 2 atom stereocenters. The van der Waals surface area contributed by atoms with Crippen molar-refractivity contribution in [2.45, 2.75) is 49.6 Å². The minimum absolute atomic E-state index is 0.0606. The molecule has 0 radical (unpaired) electrons. The van der Waals surface area contributed by atoms with Crippen LogP contribution in [-0.2, 0) is 20.2 Å². The summed E-state index contributed by atoms with van der Waals surface area (Å²) in [6.45, 7) is 1.75.